The first-order valence-corrected chi connectivity index (χ1v) is 6.06. The van der Waals surface area contributed by atoms with Gasteiger partial charge in [-0.1, -0.05) is 11.6 Å². The molecule has 0 aliphatic carbocycles. The fourth-order valence-corrected chi connectivity index (χ4v) is 1.73. The molecule has 0 spiro atoms. The predicted molar refractivity (Wildman–Crippen MR) is 73.2 cm³/mol. The Morgan fingerprint density at radius 3 is 2.95 bits per heavy atom. The van der Waals surface area contributed by atoms with Gasteiger partial charge >= 0.3 is 11.6 Å². The second-order valence-corrected chi connectivity index (χ2v) is 4.19. The van der Waals surface area contributed by atoms with Crippen LogP contribution in [0.4, 0.5) is 0 Å². The summed E-state index contributed by atoms with van der Waals surface area (Å²) in [7, 11) is 0. The van der Waals surface area contributed by atoms with E-state index in [1.807, 2.05) is 0 Å². The lowest BCUT2D eigenvalue weighted by atomic mass is 10.2. The number of ether oxygens (including phenoxy) is 1. The van der Waals surface area contributed by atoms with Gasteiger partial charge in [-0.2, -0.15) is 0 Å². The molecule has 5 heteroatoms. The highest BCUT2D eigenvalue weighted by Gasteiger charge is 2.04. The van der Waals surface area contributed by atoms with Crippen LogP contribution in [0.1, 0.15) is 12.5 Å². The normalized spacial score (nSPS) is 11.1. The summed E-state index contributed by atoms with van der Waals surface area (Å²) in [4.78, 5) is 22.9. The first kappa shape index (κ1) is 13.4. The molecule has 0 radical (unpaired) electrons. The van der Waals surface area contributed by atoms with Crippen molar-refractivity contribution in [3.05, 3.63) is 51.3 Å². The van der Waals surface area contributed by atoms with Crippen LogP contribution >= 0.6 is 11.6 Å². The molecule has 4 nitrogen and oxygen atoms in total. The molecular formula is C14H11ClO4. The number of rotatable bonds is 3. The Kier molecular flexibility index (Phi) is 4.02. The van der Waals surface area contributed by atoms with Gasteiger partial charge in [0.2, 0.25) is 0 Å². The van der Waals surface area contributed by atoms with Crippen molar-refractivity contribution >= 4 is 34.6 Å². The largest absolute Gasteiger partial charge is 0.463 e. The van der Waals surface area contributed by atoms with Crippen molar-refractivity contribution in [1.82, 2.24) is 0 Å². The number of halogens is 1. The molecule has 0 saturated carbocycles. The molecule has 0 atom stereocenters. The lowest BCUT2D eigenvalue weighted by molar-refractivity contribution is -0.137. The third-order valence-electron chi connectivity index (χ3n) is 2.41. The van der Waals surface area contributed by atoms with Gasteiger partial charge in [-0.05, 0) is 31.2 Å². The molecule has 19 heavy (non-hydrogen) atoms. The predicted octanol–water partition coefficient (Wildman–Crippen LogP) is 3.02. The van der Waals surface area contributed by atoms with Crippen LogP contribution in [0, 0.1) is 0 Å². The molecule has 0 bridgehead atoms. The third-order valence-corrected chi connectivity index (χ3v) is 2.65. The van der Waals surface area contributed by atoms with Gasteiger partial charge in [0, 0.05) is 22.6 Å². The van der Waals surface area contributed by atoms with Crippen molar-refractivity contribution < 1.29 is 13.9 Å². The number of carbonyl (C=O) groups is 1. The zero-order chi connectivity index (χ0) is 13.8. The van der Waals surface area contributed by atoms with Gasteiger partial charge in [0.05, 0.1) is 12.2 Å². The molecule has 2 rings (SSSR count). The van der Waals surface area contributed by atoms with E-state index in [1.165, 1.54) is 12.2 Å². The Bertz CT molecular complexity index is 700. The van der Waals surface area contributed by atoms with Gasteiger partial charge in [-0.15, -0.1) is 0 Å². The molecule has 0 saturated heterocycles. The SMILES string of the molecule is CCOC(=O)/C=C/c1cc2ccc(Cl)cc2oc1=O. The van der Waals surface area contributed by atoms with Gasteiger partial charge in [-0.3, -0.25) is 0 Å². The summed E-state index contributed by atoms with van der Waals surface area (Å²) in [5.74, 6) is -0.502. The number of benzene rings is 1. The van der Waals surface area contributed by atoms with Crippen LogP contribution in [0.25, 0.3) is 17.0 Å². The number of carbonyl (C=O) groups excluding carboxylic acids is 1. The minimum absolute atomic E-state index is 0.280. The fraction of sp³-hybridized carbons (Fsp3) is 0.143. The zero-order valence-corrected chi connectivity index (χ0v) is 10.9. The summed E-state index contributed by atoms with van der Waals surface area (Å²) in [6.07, 6.45) is 2.56. The molecular weight excluding hydrogens is 268 g/mol. The van der Waals surface area contributed by atoms with E-state index in [0.717, 1.165) is 5.39 Å². The van der Waals surface area contributed by atoms with Crippen molar-refractivity contribution in [2.24, 2.45) is 0 Å². The average Bonchev–Trinajstić information content (AvgIpc) is 2.36. The topological polar surface area (TPSA) is 56.5 Å². The molecule has 0 amide bonds. The maximum absolute atomic E-state index is 11.7. The Morgan fingerprint density at radius 1 is 1.42 bits per heavy atom. The van der Waals surface area contributed by atoms with E-state index in [4.69, 9.17) is 20.8 Å². The molecule has 2 aromatic rings. The van der Waals surface area contributed by atoms with Gasteiger partial charge in [0.25, 0.3) is 0 Å². The third kappa shape index (κ3) is 3.23. The summed E-state index contributed by atoms with van der Waals surface area (Å²) in [6, 6.07) is 6.63. The van der Waals surface area contributed by atoms with E-state index in [0.29, 0.717) is 10.6 Å². The lowest BCUT2D eigenvalue weighted by Gasteiger charge is -1.99. The van der Waals surface area contributed by atoms with Gasteiger partial charge in [0.15, 0.2) is 0 Å². The van der Waals surface area contributed by atoms with E-state index in [1.54, 1.807) is 31.2 Å². The maximum Gasteiger partial charge on any atom is 0.343 e. The van der Waals surface area contributed by atoms with E-state index in [9.17, 15) is 9.59 Å². The number of esters is 1. The molecule has 0 aliphatic heterocycles. The van der Waals surface area contributed by atoms with E-state index >= 15 is 0 Å². The molecule has 1 heterocycles. The van der Waals surface area contributed by atoms with Gasteiger partial charge in [-0.25, -0.2) is 9.59 Å². The average molecular weight is 279 g/mol. The van der Waals surface area contributed by atoms with Crippen LogP contribution in [-0.4, -0.2) is 12.6 Å². The van der Waals surface area contributed by atoms with E-state index in [-0.39, 0.29) is 12.2 Å². The Balaban J connectivity index is 2.39. The van der Waals surface area contributed by atoms with Crippen molar-refractivity contribution in [3.8, 4) is 0 Å². The van der Waals surface area contributed by atoms with E-state index in [2.05, 4.69) is 0 Å². The zero-order valence-electron chi connectivity index (χ0n) is 10.2. The fourth-order valence-electron chi connectivity index (χ4n) is 1.57. The smallest absolute Gasteiger partial charge is 0.343 e. The minimum Gasteiger partial charge on any atom is -0.463 e. The van der Waals surface area contributed by atoms with Gasteiger partial charge < -0.3 is 9.15 Å². The molecule has 0 aliphatic rings. The van der Waals surface area contributed by atoms with Crippen molar-refractivity contribution in [2.75, 3.05) is 6.61 Å². The maximum atomic E-state index is 11.7. The Hall–Kier alpha value is -2.07. The van der Waals surface area contributed by atoms with Crippen LogP contribution in [0.3, 0.4) is 0 Å². The molecule has 0 fully saturated rings. The lowest BCUT2D eigenvalue weighted by Crippen LogP contribution is -2.04. The standard InChI is InChI=1S/C14H11ClO4/c1-2-18-13(16)6-4-10-7-9-3-5-11(15)8-12(9)19-14(10)17/h3-8H,2H2,1H3/b6-4+. The van der Waals surface area contributed by atoms with Crippen LogP contribution in [0.2, 0.25) is 5.02 Å². The highest BCUT2D eigenvalue weighted by molar-refractivity contribution is 6.31. The highest BCUT2D eigenvalue weighted by atomic mass is 35.5. The summed E-state index contributed by atoms with van der Waals surface area (Å²) < 4.78 is 9.85. The van der Waals surface area contributed by atoms with Crippen LogP contribution in [0.15, 0.2) is 39.6 Å². The Morgan fingerprint density at radius 2 is 2.21 bits per heavy atom. The number of hydrogen-bond acceptors (Lipinski definition) is 4. The summed E-state index contributed by atoms with van der Waals surface area (Å²) in [6.45, 7) is 1.99. The first-order valence-electron chi connectivity index (χ1n) is 5.68. The molecule has 1 aromatic heterocycles. The van der Waals surface area contributed by atoms with Crippen molar-refractivity contribution in [2.45, 2.75) is 6.92 Å². The monoisotopic (exact) mass is 278 g/mol. The molecule has 1 aromatic carbocycles. The Labute approximate surface area is 114 Å². The molecule has 0 N–H and O–H groups in total. The summed E-state index contributed by atoms with van der Waals surface area (Å²) in [5, 5.41) is 1.22. The van der Waals surface area contributed by atoms with Gasteiger partial charge in [0.1, 0.15) is 5.58 Å². The molecule has 0 unspecified atom stereocenters. The second-order valence-electron chi connectivity index (χ2n) is 3.76. The summed E-state index contributed by atoms with van der Waals surface area (Å²) >= 11 is 5.81. The van der Waals surface area contributed by atoms with Crippen LogP contribution in [-0.2, 0) is 9.53 Å². The number of hydrogen-bond donors (Lipinski definition) is 0. The molecule has 98 valence electrons. The summed E-state index contributed by atoms with van der Waals surface area (Å²) in [5.41, 5.74) is 0.156. The van der Waals surface area contributed by atoms with Crippen molar-refractivity contribution in [1.29, 1.82) is 0 Å². The van der Waals surface area contributed by atoms with Crippen LogP contribution < -0.4 is 5.63 Å². The van der Waals surface area contributed by atoms with Crippen LogP contribution in [0.5, 0.6) is 0 Å². The van der Waals surface area contributed by atoms with E-state index < -0.39 is 11.6 Å². The van der Waals surface area contributed by atoms with Crippen molar-refractivity contribution in [3.63, 3.8) is 0 Å². The second kappa shape index (κ2) is 5.71. The number of fused-ring (bicyclic) bond motifs is 1. The minimum atomic E-state index is -0.532. The first-order chi connectivity index (χ1) is 9.10. The quantitative estimate of drug-likeness (QED) is 0.492. The highest BCUT2D eigenvalue weighted by Crippen LogP contribution is 2.19.